The zero-order chi connectivity index (χ0) is 15.1. The second-order valence-corrected chi connectivity index (χ2v) is 10.2. The quantitative estimate of drug-likeness (QED) is 0.418. The molecule has 1 aromatic rings. The number of carbonyl (C=O) groups excluding carboxylic acids is 1. The summed E-state index contributed by atoms with van der Waals surface area (Å²) in [6.07, 6.45) is 0. The van der Waals surface area contributed by atoms with Crippen LogP contribution in [0.3, 0.4) is 0 Å². The lowest BCUT2D eigenvalue weighted by atomic mass is 10.1. The first-order valence-electron chi connectivity index (χ1n) is 5.37. The molecule has 19 heavy (non-hydrogen) atoms. The Labute approximate surface area is 121 Å². The smallest absolute Gasteiger partial charge is 0.279 e. The van der Waals surface area contributed by atoms with Gasteiger partial charge in [-0.3, -0.25) is 17.7 Å². The predicted molar refractivity (Wildman–Crippen MR) is 78.7 cm³/mol. The van der Waals surface area contributed by atoms with Crippen LogP contribution in [0.1, 0.15) is 10.4 Å². The van der Waals surface area contributed by atoms with Crippen molar-refractivity contribution in [3.63, 3.8) is 0 Å². The lowest BCUT2D eigenvalue weighted by Gasteiger charge is -2.02. The molecule has 102 valence electrons. The van der Waals surface area contributed by atoms with E-state index in [-0.39, 0.29) is 5.78 Å². The van der Waals surface area contributed by atoms with Crippen LogP contribution >= 0.6 is 15.9 Å². The van der Waals surface area contributed by atoms with Crippen molar-refractivity contribution >= 4 is 37.3 Å². The van der Waals surface area contributed by atoms with Crippen LogP contribution in [0, 0.1) is 11.5 Å². The van der Waals surface area contributed by atoms with Crippen molar-refractivity contribution in [2.24, 2.45) is 0 Å². The Morgan fingerprint density at radius 1 is 1.16 bits per heavy atom. The topological polar surface area (TPSA) is 17.1 Å². The lowest BCUT2D eigenvalue weighted by molar-refractivity contribution is 0.105. The Hall–Kier alpha value is -0.998. The fourth-order valence-corrected chi connectivity index (χ4v) is 1.67. The summed E-state index contributed by atoms with van der Waals surface area (Å²) in [5.41, 5.74) is 3.72. The van der Waals surface area contributed by atoms with E-state index in [0.29, 0.717) is 5.56 Å². The minimum Gasteiger partial charge on any atom is -0.279 e. The average Bonchev–Trinajstić information content (AvgIpc) is 2.25. The number of ketones is 1. The van der Waals surface area contributed by atoms with E-state index in [4.69, 9.17) is 0 Å². The van der Waals surface area contributed by atoms with Crippen LogP contribution in [-0.4, -0.2) is 21.4 Å². The van der Waals surface area contributed by atoms with E-state index in [2.05, 4.69) is 47.0 Å². The molecular formula is C12H13BBrF3OSi. The fourth-order valence-electron chi connectivity index (χ4n) is 0.918. The number of benzene rings is 1. The van der Waals surface area contributed by atoms with Gasteiger partial charge in [-0.2, -0.15) is 0 Å². The van der Waals surface area contributed by atoms with Crippen LogP contribution in [0.5, 0.6) is 0 Å². The first-order valence-corrected chi connectivity index (χ1v) is 9.66. The van der Waals surface area contributed by atoms with Gasteiger partial charge in [-0.15, -0.1) is 5.54 Å². The van der Waals surface area contributed by atoms with Gasteiger partial charge in [0.25, 0.3) is 0 Å². The van der Waals surface area contributed by atoms with E-state index < -0.39 is 15.6 Å². The molecule has 0 amide bonds. The summed E-state index contributed by atoms with van der Waals surface area (Å²) < 4.78 is 30.0. The number of carbonyl (C=O) groups is 1. The molecule has 0 heterocycles. The van der Waals surface area contributed by atoms with Gasteiger partial charge in [-0.05, 0) is 30.2 Å². The Morgan fingerprint density at radius 2 is 1.58 bits per heavy atom. The van der Waals surface area contributed by atoms with Crippen molar-refractivity contribution in [3.8, 4) is 11.5 Å². The summed E-state index contributed by atoms with van der Waals surface area (Å²) in [6.45, 7) is 6.36. The number of rotatable bonds is 1. The van der Waals surface area contributed by atoms with Crippen molar-refractivity contribution < 1.29 is 17.7 Å². The highest BCUT2D eigenvalue weighted by Crippen LogP contribution is 2.10. The van der Waals surface area contributed by atoms with Gasteiger partial charge in [0.1, 0.15) is 8.07 Å². The maximum Gasteiger partial charge on any atom is 0.762 e. The van der Waals surface area contributed by atoms with Crippen molar-refractivity contribution in [1.82, 2.24) is 0 Å². The highest BCUT2D eigenvalue weighted by Gasteiger charge is 2.09. The van der Waals surface area contributed by atoms with E-state index in [1.807, 2.05) is 12.1 Å². The molecule has 0 radical (unpaired) electrons. The van der Waals surface area contributed by atoms with Gasteiger partial charge in [0, 0.05) is 10.0 Å². The standard InChI is InChI=1S/C12H13BrOSi.BF3/c1-15(2,3)9-8-12(14)10-4-6-11(13)7-5-10;2-1(3)4/h4-7H,1-3H3;. The van der Waals surface area contributed by atoms with Crippen molar-refractivity contribution in [2.75, 3.05) is 0 Å². The molecule has 7 heteroatoms. The summed E-state index contributed by atoms with van der Waals surface area (Å²) in [5.74, 6) is 2.62. The van der Waals surface area contributed by atoms with Gasteiger partial charge in [-0.1, -0.05) is 35.6 Å². The minimum atomic E-state index is -3.67. The van der Waals surface area contributed by atoms with Crippen molar-refractivity contribution in [3.05, 3.63) is 34.3 Å². The molecule has 0 aromatic heterocycles. The molecular weight excluding hydrogens is 336 g/mol. The van der Waals surface area contributed by atoms with Crippen LogP contribution < -0.4 is 0 Å². The van der Waals surface area contributed by atoms with Gasteiger partial charge >= 0.3 is 7.54 Å². The molecule has 1 nitrogen and oxygen atoms in total. The van der Waals surface area contributed by atoms with Crippen molar-refractivity contribution in [1.29, 1.82) is 0 Å². The predicted octanol–water partition coefficient (Wildman–Crippen LogP) is 4.39. The second kappa shape index (κ2) is 8.23. The van der Waals surface area contributed by atoms with E-state index in [1.54, 1.807) is 12.1 Å². The molecule has 1 aromatic carbocycles. The van der Waals surface area contributed by atoms with Gasteiger partial charge in [0.15, 0.2) is 0 Å². The van der Waals surface area contributed by atoms with E-state index in [0.717, 1.165) is 4.47 Å². The van der Waals surface area contributed by atoms with E-state index >= 15 is 0 Å². The summed E-state index contributed by atoms with van der Waals surface area (Å²) in [7, 11) is -5.12. The highest BCUT2D eigenvalue weighted by molar-refractivity contribution is 9.10. The molecule has 0 aliphatic carbocycles. The van der Waals surface area contributed by atoms with Crippen LogP contribution in [-0.2, 0) is 0 Å². The molecule has 0 unspecified atom stereocenters. The highest BCUT2D eigenvalue weighted by atomic mass is 79.9. The molecule has 0 aliphatic rings. The average molecular weight is 349 g/mol. The normalized spacial score (nSPS) is 9.63. The summed E-state index contributed by atoms with van der Waals surface area (Å²) in [6, 6.07) is 7.27. The van der Waals surface area contributed by atoms with E-state index in [9.17, 15) is 17.7 Å². The third kappa shape index (κ3) is 10.6. The SMILES string of the molecule is C[Si](C)(C)C#CC(=O)c1ccc(Br)cc1.FB(F)F. The zero-order valence-corrected chi connectivity index (χ0v) is 13.4. The third-order valence-corrected chi connectivity index (χ3v) is 3.06. The molecule has 0 bridgehead atoms. The van der Waals surface area contributed by atoms with E-state index in [1.165, 1.54) is 0 Å². The first-order chi connectivity index (χ1) is 8.61. The minimum absolute atomic E-state index is 0.0927. The van der Waals surface area contributed by atoms with Crippen LogP contribution in [0.25, 0.3) is 0 Å². The molecule has 0 aliphatic heterocycles. The largest absolute Gasteiger partial charge is 0.762 e. The van der Waals surface area contributed by atoms with Crippen LogP contribution in [0.2, 0.25) is 19.6 Å². The molecule has 1 rings (SSSR count). The molecule has 0 atom stereocenters. The Balaban J connectivity index is 0.000000711. The summed E-state index contributed by atoms with van der Waals surface area (Å²) in [4.78, 5) is 11.6. The summed E-state index contributed by atoms with van der Waals surface area (Å²) in [5, 5.41) is 0. The lowest BCUT2D eigenvalue weighted by Crippen LogP contribution is -2.17. The van der Waals surface area contributed by atoms with Gasteiger partial charge in [-0.25, -0.2) is 0 Å². The molecule has 0 N–H and O–H groups in total. The van der Waals surface area contributed by atoms with Gasteiger partial charge in [0.05, 0.1) is 0 Å². The maximum absolute atomic E-state index is 11.6. The summed E-state index contributed by atoms with van der Waals surface area (Å²) >= 11 is 3.32. The third-order valence-electron chi connectivity index (χ3n) is 1.66. The zero-order valence-electron chi connectivity index (χ0n) is 10.8. The van der Waals surface area contributed by atoms with Crippen LogP contribution in [0.15, 0.2) is 28.7 Å². The number of hydrogen-bond acceptors (Lipinski definition) is 1. The fraction of sp³-hybridized carbons (Fsp3) is 0.250. The number of Topliss-reactive ketones (excluding diaryl/α,β-unsaturated/α-hetero) is 1. The Bertz CT molecular complexity index is 472. The monoisotopic (exact) mass is 348 g/mol. The molecule has 0 saturated carbocycles. The first kappa shape index (κ1) is 18.0. The number of halogens is 4. The number of hydrogen-bond donors (Lipinski definition) is 0. The second-order valence-electron chi connectivity index (χ2n) is 4.58. The molecule has 0 spiro atoms. The molecule has 0 saturated heterocycles. The van der Waals surface area contributed by atoms with Crippen molar-refractivity contribution in [2.45, 2.75) is 19.6 Å². The van der Waals surface area contributed by atoms with Gasteiger partial charge in [0.2, 0.25) is 5.78 Å². The van der Waals surface area contributed by atoms with Gasteiger partial charge < -0.3 is 0 Å². The maximum atomic E-state index is 11.6. The van der Waals surface area contributed by atoms with Crippen LogP contribution in [0.4, 0.5) is 12.9 Å². The Kier molecular flexibility index (Phi) is 7.80. The molecule has 0 fully saturated rings. The Morgan fingerprint density at radius 3 is 1.95 bits per heavy atom.